The van der Waals surface area contributed by atoms with E-state index in [1.54, 1.807) is 6.08 Å². The first kappa shape index (κ1) is 85.9. The summed E-state index contributed by atoms with van der Waals surface area (Å²) in [6.45, 7) is 4.82. The highest BCUT2D eigenvalue weighted by Gasteiger charge is 2.28. The second-order valence-electron chi connectivity index (χ2n) is 27.4. The molecule has 3 N–H and O–H groups in total. The molecule has 0 rings (SSSR count). The molecule has 0 aliphatic carbocycles. The van der Waals surface area contributed by atoms with E-state index >= 15 is 0 Å². The number of carbonyl (C=O) groups excluding carboxylic acids is 1. The second kappa shape index (κ2) is 69.3. The highest BCUT2D eigenvalue weighted by atomic mass is 31.2. The van der Waals surface area contributed by atoms with Crippen LogP contribution in [0.25, 0.3) is 0 Å². The van der Waals surface area contributed by atoms with Crippen molar-refractivity contribution < 1.29 is 32.9 Å². The fourth-order valence-corrected chi connectivity index (χ4v) is 12.2. The Bertz CT molecular complexity index is 1670. The molecule has 0 aromatic heterocycles. The van der Waals surface area contributed by atoms with Crippen molar-refractivity contribution in [2.45, 2.75) is 386 Å². The Kier molecular flexibility index (Phi) is 67.7. The van der Waals surface area contributed by atoms with Gasteiger partial charge in [0.25, 0.3) is 0 Å². The molecule has 9 heteroatoms. The largest absolute Gasteiger partial charge is 0.472 e. The number of allylic oxidation sites excluding steroid dienone is 11. The van der Waals surface area contributed by atoms with E-state index in [0.29, 0.717) is 17.4 Å². The highest BCUT2D eigenvalue weighted by molar-refractivity contribution is 7.47. The molecule has 0 fully saturated rings. The molecular formula is C79H150N2O6P+. The van der Waals surface area contributed by atoms with Crippen LogP contribution in [0.1, 0.15) is 373 Å². The lowest BCUT2D eigenvalue weighted by molar-refractivity contribution is -0.870. The summed E-state index contributed by atoms with van der Waals surface area (Å²) < 4.78 is 23.8. The molecule has 88 heavy (non-hydrogen) atoms. The average Bonchev–Trinajstić information content (AvgIpc) is 3.70. The Morgan fingerprint density at radius 3 is 0.989 bits per heavy atom. The lowest BCUT2D eigenvalue weighted by Crippen LogP contribution is -2.45. The van der Waals surface area contributed by atoms with Crippen LogP contribution in [0.3, 0.4) is 0 Å². The molecule has 0 aliphatic rings. The summed E-state index contributed by atoms with van der Waals surface area (Å²) >= 11 is 0. The zero-order valence-electron chi connectivity index (χ0n) is 59.2. The van der Waals surface area contributed by atoms with E-state index in [1.807, 2.05) is 27.2 Å². The normalized spacial score (nSPS) is 13.9. The van der Waals surface area contributed by atoms with E-state index in [1.165, 1.54) is 295 Å². The Hall–Kier alpha value is -2.06. The smallest absolute Gasteiger partial charge is 0.387 e. The van der Waals surface area contributed by atoms with Crippen LogP contribution in [0, 0.1) is 0 Å². The van der Waals surface area contributed by atoms with Gasteiger partial charge in [-0.05, 0) is 83.5 Å². The van der Waals surface area contributed by atoms with Crippen LogP contribution < -0.4 is 5.32 Å². The quantitative estimate of drug-likeness (QED) is 0.0243. The first-order chi connectivity index (χ1) is 43.0. The number of aliphatic hydroxyl groups is 1. The van der Waals surface area contributed by atoms with Gasteiger partial charge in [0.05, 0.1) is 39.9 Å². The first-order valence-electron chi connectivity index (χ1n) is 38.3. The van der Waals surface area contributed by atoms with Gasteiger partial charge in [-0.2, -0.15) is 0 Å². The summed E-state index contributed by atoms with van der Waals surface area (Å²) in [5.41, 5.74) is 0. The van der Waals surface area contributed by atoms with Crippen molar-refractivity contribution in [2.24, 2.45) is 0 Å². The summed E-state index contributed by atoms with van der Waals surface area (Å²) in [6.07, 6.45) is 98.0. The molecule has 1 amide bonds. The number of nitrogens with zero attached hydrogens (tertiary/aromatic N) is 1. The predicted molar refractivity (Wildman–Crippen MR) is 387 cm³/mol. The monoisotopic (exact) mass is 1250 g/mol. The van der Waals surface area contributed by atoms with Gasteiger partial charge in [-0.1, -0.05) is 356 Å². The first-order valence-corrected chi connectivity index (χ1v) is 39.8. The minimum atomic E-state index is -4.37. The number of carbonyl (C=O) groups is 1. The third-order valence-corrected chi connectivity index (χ3v) is 18.4. The lowest BCUT2D eigenvalue weighted by Gasteiger charge is -2.25. The van der Waals surface area contributed by atoms with Crippen LogP contribution in [-0.4, -0.2) is 73.4 Å². The maximum Gasteiger partial charge on any atom is 0.472 e. The van der Waals surface area contributed by atoms with Gasteiger partial charge in [0.2, 0.25) is 5.91 Å². The molecule has 0 aliphatic heterocycles. The van der Waals surface area contributed by atoms with Crippen molar-refractivity contribution in [1.29, 1.82) is 0 Å². The van der Waals surface area contributed by atoms with Crippen LogP contribution in [0.5, 0.6) is 0 Å². The molecule has 0 saturated heterocycles. The molecule has 0 bridgehead atoms. The van der Waals surface area contributed by atoms with Crippen LogP contribution in [-0.2, 0) is 18.4 Å². The molecule has 0 aromatic rings. The summed E-state index contributed by atoms with van der Waals surface area (Å²) in [6, 6.07) is -0.873. The third kappa shape index (κ3) is 71.4. The van der Waals surface area contributed by atoms with E-state index in [4.69, 9.17) is 9.05 Å². The third-order valence-electron chi connectivity index (χ3n) is 17.4. The number of amides is 1. The average molecular weight is 1260 g/mol. The Morgan fingerprint density at radius 2 is 0.659 bits per heavy atom. The van der Waals surface area contributed by atoms with Crippen LogP contribution >= 0.6 is 7.82 Å². The molecule has 0 heterocycles. The molecule has 0 radical (unpaired) electrons. The number of phosphoric acid groups is 1. The Labute approximate surface area is 548 Å². The van der Waals surface area contributed by atoms with Gasteiger partial charge in [0, 0.05) is 6.42 Å². The standard InChI is InChI=1S/C79H149N2O6P/c1-6-8-10-12-14-16-18-20-22-24-26-28-30-32-34-36-37-38-39-40-41-42-43-45-47-49-51-53-55-57-59-61-63-65-67-69-71-73-79(83)80-77(76-87-88(84,85)86-75-74-81(3,4)5)78(82)72-70-68-66-64-62-60-58-56-54-52-50-48-46-44-35-33-31-29-27-25-23-21-19-17-15-13-11-9-7-2/h18,20,24,26,30,32,54,56,62,64,70,72,77-78,82H,6-17,19,21-23,25,27-29,31,33-53,55,57-61,63,65-69,71,73-76H2,1-5H3,(H-,80,83,84,85)/p+1/b20-18-,26-24-,32-30-,56-54+,64-62+,72-70+. The maximum absolute atomic E-state index is 13.1. The number of likely N-dealkylation sites (N-methyl/N-ethyl adjacent to an activating group) is 1. The zero-order chi connectivity index (χ0) is 64.1. The second-order valence-corrected chi connectivity index (χ2v) is 28.8. The molecule has 3 atom stereocenters. The molecule has 3 unspecified atom stereocenters. The van der Waals surface area contributed by atoms with Gasteiger partial charge in [0.15, 0.2) is 0 Å². The van der Waals surface area contributed by atoms with E-state index in [0.717, 1.165) is 57.8 Å². The number of quaternary nitrogens is 1. The number of hydrogen-bond acceptors (Lipinski definition) is 5. The van der Waals surface area contributed by atoms with Crippen molar-refractivity contribution in [1.82, 2.24) is 5.32 Å². The van der Waals surface area contributed by atoms with Gasteiger partial charge < -0.3 is 19.8 Å². The van der Waals surface area contributed by atoms with Crippen molar-refractivity contribution in [2.75, 3.05) is 40.9 Å². The van der Waals surface area contributed by atoms with Crippen molar-refractivity contribution in [3.8, 4) is 0 Å². The number of unbranched alkanes of at least 4 members (excludes halogenated alkanes) is 48. The van der Waals surface area contributed by atoms with E-state index < -0.39 is 20.0 Å². The van der Waals surface area contributed by atoms with Gasteiger partial charge in [-0.25, -0.2) is 4.57 Å². The molecule has 516 valence electrons. The number of nitrogens with one attached hydrogen (secondary N) is 1. The van der Waals surface area contributed by atoms with E-state index in [-0.39, 0.29) is 19.1 Å². The van der Waals surface area contributed by atoms with E-state index in [2.05, 4.69) is 79.9 Å². The minimum absolute atomic E-state index is 0.0533. The van der Waals surface area contributed by atoms with Crippen LogP contribution in [0.2, 0.25) is 0 Å². The Balaban J connectivity index is 4.03. The molecule has 8 nitrogen and oxygen atoms in total. The summed E-state index contributed by atoms with van der Waals surface area (Å²) in [5.74, 6) is -0.185. The fourth-order valence-electron chi connectivity index (χ4n) is 11.4. The van der Waals surface area contributed by atoms with E-state index in [9.17, 15) is 19.4 Å². The van der Waals surface area contributed by atoms with Crippen molar-refractivity contribution in [3.63, 3.8) is 0 Å². The Morgan fingerprint density at radius 1 is 0.386 bits per heavy atom. The SMILES string of the molecule is CCCCCCC/C=C\C/C=C\C/C=C\CCCCCCCCCCCCCCCCCCCCCCCCC(=O)NC(COP(=O)(O)OCC[N+](C)(C)C)C(O)/C=C/CC/C=C/CC/C=C/CCCCCCCCCCCCCCCCCCCCC. The highest BCUT2D eigenvalue weighted by Crippen LogP contribution is 2.43. The number of rotatable bonds is 71. The fraction of sp³-hybridized carbons (Fsp3) is 0.835. The van der Waals surface area contributed by atoms with Gasteiger partial charge in [0.1, 0.15) is 13.2 Å². The zero-order valence-corrected chi connectivity index (χ0v) is 60.1. The van der Waals surface area contributed by atoms with Gasteiger partial charge >= 0.3 is 7.82 Å². The molecular weight excluding hydrogens is 1100 g/mol. The maximum atomic E-state index is 13.1. The molecule has 0 saturated carbocycles. The minimum Gasteiger partial charge on any atom is -0.387 e. The lowest BCUT2D eigenvalue weighted by atomic mass is 10.0. The molecule has 0 aromatic carbocycles. The number of hydrogen-bond donors (Lipinski definition) is 3. The van der Waals surface area contributed by atoms with Gasteiger partial charge in [-0.15, -0.1) is 0 Å². The number of phosphoric ester groups is 1. The van der Waals surface area contributed by atoms with Crippen LogP contribution in [0.4, 0.5) is 0 Å². The molecule has 0 spiro atoms. The number of aliphatic hydroxyl groups excluding tert-OH is 1. The summed E-state index contributed by atoms with van der Waals surface area (Å²) in [4.78, 5) is 23.5. The van der Waals surface area contributed by atoms with Crippen molar-refractivity contribution in [3.05, 3.63) is 72.9 Å². The topological polar surface area (TPSA) is 105 Å². The van der Waals surface area contributed by atoms with Crippen LogP contribution in [0.15, 0.2) is 72.9 Å². The summed E-state index contributed by atoms with van der Waals surface area (Å²) in [7, 11) is 1.56. The van der Waals surface area contributed by atoms with Crippen molar-refractivity contribution >= 4 is 13.7 Å². The van der Waals surface area contributed by atoms with Gasteiger partial charge in [-0.3, -0.25) is 13.8 Å². The predicted octanol–water partition coefficient (Wildman–Crippen LogP) is 24.9. The summed E-state index contributed by atoms with van der Waals surface area (Å²) in [5, 5.41) is 14.0.